The molecule has 4 nitrogen and oxygen atoms in total. The molecule has 1 atom stereocenters. The number of halogens is 1. The summed E-state index contributed by atoms with van der Waals surface area (Å²) in [5, 5.41) is 3.24. The molecule has 0 aromatic heterocycles. The number of benzene rings is 1. The van der Waals surface area contributed by atoms with Crippen molar-refractivity contribution in [2.75, 3.05) is 7.11 Å². The van der Waals surface area contributed by atoms with Crippen LogP contribution in [0, 0.1) is 0 Å². The fourth-order valence-electron chi connectivity index (χ4n) is 1.46. The second-order valence-corrected chi connectivity index (χ2v) is 4.38. The Bertz CT molecular complexity index is 417. The number of ether oxygens (including phenoxy) is 1. The van der Waals surface area contributed by atoms with E-state index in [1.165, 1.54) is 7.11 Å². The first kappa shape index (κ1) is 14.5. The van der Waals surface area contributed by atoms with Crippen molar-refractivity contribution in [3.63, 3.8) is 0 Å². The average Bonchev–Trinajstić information content (AvgIpc) is 2.37. The molecule has 0 spiro atoms. The minimum atomic E-state index is -0.618. The molecule has 0 aliphatic heterocycles. The van der Waals surface area contributed by atoms with Crippen LogP contribution >= 0.6 is 11.6 Å². The monoisotopic (exact) mass is 269 g/mol. The highest BCUT2D eigenvalue weighted by molar-refractivity contribution is 6.30. The summed E-state index contributed by atoms with van der Waals surface area (Å²) >= 11 is 5.76. The number of nitrogens with one attached hydrogen (secondary N) is 1. The minimum Gasteiger partial charge on any atom is -0.467 e. The third-order valence-corrected chi connectivity index (χ3v) is 2.74. The summed E-state index contributed by atoms with van der Waals surface area (Å²) < 4.78 is 4.52. The van der Waals surface area contributed by atoms with Crippen molar-refractivity contribution in [2.24, 2.45) is 0 Å². The van der Waals surface area contributed by atoms with E-state index in [2.05, 4.69) is 10.1 Å². The van der Waals surface area contributed by atoms with Gasteiger partial charge in [-0.25, -0.2) is 4.79 Å². The Kier molecular flexibility index (Phi) is 5.65. The number of amides is 1. The number of rotatable bonds is 5. The molecule has 1 N–H and O–H groups in total. The van der Waals surface area contributed by atoms with Gasteiger partial charge >= 0.3 is 5.97 Å². The Morgan fingerprint density at radius 1 is 1.33 bits per heavy atom. The normalized spacial score (nSPS) is 11.7. The number of carbonyl (C=O) groups is 2. The second kappa shape index (κ2) is 7.01. The average molecular weight is 270 g/mol. The van der Waals surface area contributed by atoms with Gasteiger partial charge in [0.05, 0.1) is 7.11 Å². The molecule has 0 heterocycles. The van der Waals surface area contributed by atoms with Crippen LogP contribution in [0.15, 0.2) is 24.3 Å². The van der Waals surface area contributed by atoms with Crippen molar-refractivity contribution in [1.29, 1.82) is 0 Å². The molecule has 5 heteroatoms. The van der Waals surface area contributed by atoms with Crippen LogP contribution in [0.25, 0.3) is 0 Å². The molecular weight excluding hydrogens is 254 g/mol. The Morgan fingerprint density at radius 2 is 1.94 bits per heavy atom. The maximum absolute atomic E-state index is 11.6. The Morgan fingerprint density at radius 3 is 2.50 bits per heavy atom. The van der Waals surface area contributed by atoms with Gasteiger partial charge in [-0.2, -0.15) is 0 Å². The van der Waals surface area contributed by atoms with E-state index in [1.807, 2.05) is 12.1 Å². The largest absolute Gasteiger partial charge is 0.467 e. The number of hydrogen-bond donors (Lipinski definition) is 1. The lowest BCUT2D eigenvalue weighted by molar-refractivity contribution is -0.144. The molecule has 1 aromatic rings. The zero-order valence-electron chi connectivity index (χ0n) is 10.4. The summed E-state index contributed by atoms with van der Waals surface area (Å²) in [6, 6.07) is 6.70. The van der Waals surface area contributed by atoms with E-state index < -0.39 is 12.0 Å². The van der Waals surface area contributed by atoms with Crippen LogP contribution in [0.4, 0.5) is 0 Å². The van der Waals surface area contributed by atoms with Gasteiger partial charge < -0.3 is 10.1 Å². The van der Waals surface area contributed by atoms with Crippen molar-refractivity contribution < 1.29 is 14.3 Å². The van der Waals surface area contributed by atoms with E-state index in [0.29, 0.717) is 17.9 Å². The van der Waals surface area contributed by atoms with Gasteiger partial charge in [0.15, 0.2) is 0 Å². The molecule has 0 bridgehead atoms. The SMILES string of the molecule is COC(=O)[C@@H](C)NC(=O)CCc1ccc(Cl)cc1. The van der Waals surface area contributed by atoms with Gasteiger partial charge in [-0.1, -0.05) is 23.7 Å². The Labute approximate surface area is 111 Å². The summed E-state index contributed by atoms with van der Waals surface area (Å²) in [7, 11) is 1.29. The van der Waals surface area contributed by atoms with Crippen molar-refractivity contribution in [3.05, 3.63) is 34.9 Å². The smallest absolute Gasteiger partial charge is 0.328 e. The molecular formula is C13H16ClNO3. The van der Waals surface area contributed by atoms with E-state index >= 15 is 0 Å². The van der Waals surface area contributed by atoms with Gasteiger partial charge in [-0.15, -0.1) is 0 Å². The summed E-state index contributed by atoms with van der Waals surface area (Å²) in [6.07, 6.45) is 0.930. The molecule has 0 aliphatic carbocycles. The molecule has 0 radical (unpaired) electrons. The number of aryl methyl sites for hydroxylation is 1. The molecule has 18 heavy (non-hydrogen) atoms. The lowest BCUT2D eigenvalue weighted by Crippen LogP contribution is -2.39. The third-order valence-electron chi connectivity index (χ3n) is 2.49. The van der Waals surface area contributed by atoms with Gasteiger partial charge in [0, 0.05) is 11.4 Å². The van der Waals surface area contributed by atoms with Crippen molar-refractivity contribution in [3.8, 4) is 0 Å². The van der Waals surface area contributed by atoms with E-state index in [9.17, 15) is 9.59 Å². The maximum atomic E-state index is 11.6. The quantitative estimate of drug-likeness (QED) is 0.832. The van der Waals surface area contributed by atoms with Gasteiger partial charge in [-0.05, 0) is 31.0 Å². The first-order valence-electron chi connectivity index (χ1n) is 5.64. The Hall–Kier alpha value is -1.55. The van der Waals surface area contributed by atoms with Crippen LogP contribution in [-0.4, -0.2) is 25.0 Å². The predicted octanol–water partition coefficient (Wildman–Crippen LogP) is 1.95. The highest BCUT2D eigenvalue weighted by atomic mass is 35.5. The first-order valence-corrected chi connectivity index (χ1v) is 6.02. The van der Waals surface area contributed by atoms with Gasteiger partial charge in [0.2, 0.25) is 5.91 Å². The summed E-state index contributed by atoms with van der Waals surface area (Å²) in [6.45, 7) is 1.59. The van der Waals surface area contributed by atoms with Gasteiger partial charge in [0.25, 0.3) is 0 Å². The maximum Gasteiger partial charge on any atom is 0.328 e. The number of carbonyl (C=O) groups excluding carboxylic acids is 2. The van der Waals surface area contributed by atoms with Gasteiger partial charge in [0.1, 0.15) is 6.04 Å². The lowest BCUT2D eigenvalue weighted by atomic mass is 10.1. The predicted molar refractivity (Wildman–Crippen MR) is 69.4 cm³/mol. The van der Waals surface area contributed by atoms with Crippen LogP contribution in [0.2, 0.25) is 5.02 Å². The van der Waals surface area contributed by atoms with Crippen molar-refractivity contribution >= 4 is 23.5 Å². The number of esters is 1. The highest BCUT2D eigenvalue weighted by Gasteiger charge is 2.15. The van der Waals surface area contributed by atoms with E-state index in [1.54, 1.807) is 19.1 Å². The van der Waals surface area contributed by atoms with Crippen molar-refractivity contribution in [1.82, 2.24) is 5.32 Å². The molecule has 0 saturated carbocycles. The zero-order valence-corrected chi connectivity index (χ0v) is 11.2. The van der Waals surface area contributed by atoms with Crippen LogP contribution in [-0.2, 0) is 20.7 Å². The number of hydrogen-bond acceptors (Lipinski definition) is 3. The lowest BCUT2D eigenvalue weighted by Gasteiger charge is -2.11. The highest BCUT2D eigenvalue weighted by Crippen LogP contribution is 2.10. The van der Waals surface area contributed by atoms with Gasteiger partial charge in [-0.3, -0.25) is 4.79 Å². The van der Waals surface area contributed by atoms with Crippen LogP contribution in [0.5, 0.6) is 0 Å². The molecule has 1 amide bonds. The first-order chi connectivity index (χ1) is 8.52. The molecule has 98 valence electrons. The molecule has 0 aliphatic rings. The second-order valence-electron chi connectivity index (χ2n) is 3.94. The fraction of sp³-hybridized carbons (Fsp3) is 0.385. The zero-order chi connectivity index (χ0) is 13.5. The third kappa shape index (κ3) is 4.75. The summed E-state index contributed by atoms with van der Waals surface area (Å²) in [5.41, 5.74) is 1.03. The fourth-order valence-corrected chi connectivity index (χ4v) is 1.58. The Balaban J connectivity index is 2.37. The van der Waals surface area contributed by atoms with Crippen LogP contribution in [0.3, 0.4) is 0 Å². The van der Waals surface area contributed by atoms with E-state index in [0.717, 1.165) is 5.56 Å². The van der Waals surface area contributed by atoms with E-state index in [4.69, 9.17) is 11.6 Å². The molecule has 0 saturated heterocycles. The number of methoxy groups -OCH3 is 1. The van der Waals surface area contributed by atoms with Crippen LogP contribution in [0.1, 0.15) is 18.9 Å². The molecule has 1 rings (SSSR count). The molecule has 0 fully saturated rings. The molecule has 0 unspecified atom stereocenters. The van der Waals surface area contributed by atoms with E-state index in [-0.39, 0.29) is 5.91 Å². The van der Waals surface area contributed by atoms with Crippen LogP contribution < -0.4 is 5.32 Å². The standard InChI is InChI=1S/C13H16ClNO3/c1-9(13(17)18-2)15-12(16)8-5-10-3-6-11(14)7-4-10/h3-4,6-7,9H,5,8H2,1-2H3,(H,15,16)/t9-/m1/s1. The summed E-state index contributed by atoms with van der Waals surface area (Å²) in [5.74, 6) is -0.627. The molecule has 1 aromatic carbocycles. The topological polar surface area (TPSA) is 55.4 Å². The van der Waals surface area contributed by atoms with Crippen molar-refractivity contribution in [2.45, 2.75) is 25.8 Å². The minimum absolute atomic E-state index is 0.178. The summed E-state index contributed by atoms with van der Waals surface area (Å²) in [4.78, 5) is 22.7.